The minimum absolute atomic E-state index is 0.0349. The minimum Gasteiger partial charge on any atom is -0.338 e. The van der Waals surface area contributed by atoms with Crippen LogP contribution in [0.5, 0.6) is 0 Å². The van der Waals surface area contributed by atoms with E-state index in [2.05, 4.69) is 15.3 Å². The summed E-state index contributed by atoms with van der Waals surface area (Å²) in [5, 5.41) is 2.80. The van der Waals surface area contributed by atoms with Crippen LogP contribution in [0.15, 0.2) is 35.5 Å². The van der Waals surface area contributed by atoms with Crippen molar-refractivity contribution in [1.82, 2.24) is 14.9 Å². The van der Waals surface area contributed by atoms with Crippen molar-refractivity contribution >= 4 is 17.5 Å². The molecule has 148 valence electrons. The number of carbonyl (C=O) groups is 2. The van der Waals surface area contributed by atoms with Crippen molar-refractivity contribution in [3.63, 3.8) is 0 Å². The SMILES string of the molecule is Cc1cc(F)ccc1NC(=O)CC[C@@H]1CCCN(C(=O)c2cnc[nH]c2=O)C1. The number of nitrogens with zero attached hydrogens (tertiary/aromatic N) is 2. The van der Waals surface area contributed by atoms with Crippen molar-refractivity contribution < 1.29 is 14.0 Å². The molecular formula is C20H23FN4O3. The zero-order chi connectivity index (χ0) is 20.1. The Kier molecular flexibility index (Phi) is 6.18. The topological polar surface area (TPSA) is 95.2 Å². The highest BCUT2D eigenvalue weighted by molar-refractivity contribution is 5.93. The number of anilines is 1. The van der Waals surface area contributed by atoms with Gasteiger partial charge in [-0.2, -0.15) is 0 Å². The highest BCUT2D eigenvalue weighted by atomic mass is 19.1. The third kappa shape index (κ3) is 4.82. The molecule has 1 fully saturated rings. The molecule has 1 saturated heterocycles. The van der Waals surface area contributed by atoms with Crippen LogP contribution in [0.2, 0.25) is 0 Å². The average molecular weight is 386 g/mol. The maximum Gasteiger partial charge on any atom is 0.263 e. The van der Waals surface area contributed by atoms with E-state index in [0.717, 1.165) is 12.8 Å². The molecule has 2 amide bonds. The number of aryl methyl sites for hydroxylation is 1. The van der Waals surface area contributed by atoms with Gasteiger partial charge in [0.15, 0.2) is 0 Å². The number of hydrogen-bond donors (Lipinski definition) is 2. The summed E-state index contributed by atoms with van der Waals surface area (Å²) in [4.78, 5) is 44.5. The summed E-state index contributed by atoms with van der Waals surface area (Å²) in [6, 6.07) is 4.24. The van der Waals surface area contributed by atoms with Gasteiger partial charge in [-0.15, -0.1) is 0 Å². The maximum atomic E-state index is 13.2. The molecule has 0 bridgehead atoms. The lowest BCUT2D eigenvalue weighted by Gasteiger charge is -2.32. The zero-order valence-corrected chi connectivity index (χ0v) is 15.7. The van der Waals surface area contributed by atoms with Crippen LogP contribution in [0.25, 0.3) is 0 Å². The van der Waals surface area contributed by atoms with Crippen LogP contribution >= 0.6 is 0 Å². The van der Waals surface area contributed by atoms with Gasteiger partial charge in [0, 0.05) is 31.4 Å². The van der Waals surface area contributed by atoms with E-state index in [4.69, 9.17) is 0 Å². The molecule has 3 rings (SSSR count). The Balaban J connectivity index is 1.53. The van der Waals surface area contributed by atoms with Crippen LogP contribution in [-0.4, -0.2) is 39.8 Å². The number of aromatic nitrogens is 2. The Morgan fingerprint density at radius 3 is 2.96 bits per heavy atom. The highest BCUT2D eigenvalue weighted by Gasteiger charge is 2.26. The van der Waals surface area contributed by atoms with Gasteiger partial charge in [0.1, 0.15) is 11.4 Å². The number of piperidine rings is 1. The Hall–Kier alpha value is -3.03. The summed E-state index contributed by atoms with van der Waals surface area (Å²) in [5.41, 5.74) is 0.857. The van der Waals surface area contributed by atoms with Gasteiger partial charge >= 0.3 is 0 Å². The van der Waals surface area contributed by atoms with Crippen LogP contribution in [0.1, 0.15) is 41.6 Å². The average Bonchev–Trinajstić information content (AvgIpc) is 2.69. The van der Waals surface area contributed by atoms with Gasteiger partial charge < -0.3 is 15.2 Å². The molecule has 1 aliphatic heterocycles. The monoisotopic (exact) mass is 386 g/mol. The number of benzene rings is 1. The molecule has 1 atom stereocenters. The molecule has 8 heteroatoms. The largest absolute Gasteiger partial charge is 0.338 e. The number of H-pyrrole nitrogens is 1. The second-order valence-electron chi connectivity index (χ2n) is 7.10. The van der Waals surface area contributed by atoms with Crippen molar-refractivity contribution in [2.75, 3.05) is 18.4 Å². The van der Waals surface area contributed by atoms with Gasteiger partial charge in [-0.1, -0.05) is 0 Å². The number of halogens is 1. The first-order chi connectivity index (χ1) is 13.4. The fraction of sp³-hybridized carbons (Fsp3) is 0.400. The third-order valence-electron chi connectivity index (χ3n) is 5.00. The molecule has 1 aromatic heterocycles. The van der Waals surface area contributed by atoms with E-state index in [1.165, 1.54) is 24.7 Å². The molecule has 2 heterocycles. The van der Waals surface area contributed by atoms with Crippen molar-refractivity contribution in [3.8, 4) is 0 Å². The van der Waals surface area contributed by atoms with Gasteiger partial charge in [0.25, 0.3) is 11.5 Å². The molecule has 0 unspecified atom stereocenters. The fourth-order valence-electron chi connectivity index (χ4n) is 3.47. The fourth-order valence-corrected chi connectivity index (χ4v) is 3.47. The molecular weight excluding hydrogens is 363 g/mol. The summed E-state index contributed by atoms with van der Waals surface area (Å²) >= 11 is 0. The zero-order valence-electron chi connectivity index (χ0n) is 15.7. The second kappa shape index (κ2) is 8.77. The van der Waals surface area contributed by atoms with Gasteiger partial charge in [-0.25, -0.2) is 9.37 Å². The third-order valence-corrected chi connectivity index (χ3v) is 5.00. The van der Waals surface area contributed by atoms with Gasteiger partial charge in [0.2, 0.25) is 5.91 Å². The highest BCUT2D eigenvalue weighted by Crippen LogP contribution is 2.23. The predicted molar refractivity (Wildman–Crippen MR) is 102 cm³/mol. The lowest BCUT2D eigenvalue weighted by Crippen LogP contribution is -2.42. The van der Waals surface area contributed by atoms with E-state index in [-0.39, 0.29) is 29.1 Å². The quantitative estimate of drug-likeness (QED) is 0.825. The maximum absolute atomic E-state index is 13.2. The normalized spacial score (nSPS) is 16.6. The number of aromatic amines is 1. The molecule has 7 nitrogen and oxygen atoms in total. The predicted octanol–water partition coefficient (Wildman–Crippen LogP) is 2.49. The Labute approximate surface area is 162 Å². The van der Waals surface area contributed by atoms with E-state index in [1.807, 2.05) is 0 Å². The summed E-state index contributed by atoms with van der Waals surface area (Å²) in [7, 11) is 0. The Morgan fingerprint density at radius 2 is 2.21 bits per heavy atom. The van der Waals surface area contributed by atoms with Crippen LogP contribution < -0.4 is 10.9 Å². The van der Waals surface area contributed by atoms with E-state index >= 15 is 0 Å². The van der Waals surface area contributed by atoms with Crippen molar-refractivity contribution in [2.45, 2.75) is 32.6 Å². The number of carbonyl (C=O) groups excluding carboxylic acids is 2. The molecule has 2 N–H and O–H groups in total. The van der Waals surface area contributed by atoms with Gasteiger partial charge in [0.05, 0.1) is 6.33 Å². The number of rotatable bonds is 5. The van der Waals surface area contributed by atoms with Crippen LogP contribution in [0.4, 0.5) is 10.1 Å². The summed E-state index contributed by atoms with van der Waals surface area (Å²) in [6.45, 7) is 2.84. The first-order valence-electron chi connectivity index (χ1n) is 9.32. The summed E-state index contributed by atoms with van der Waals surface area (Å²) < 4.78 is 13.2. The van der Waals surface area contributed by atoms with Gasteiger partial charge in [-0.3, -0.25) is 14.4 Å². The summed E-state index contributed by atoms with van der Waals surface area (Å²) in [6.07, 6.45) is 5.24. The molecule has 0 saturated carbocycles. The van der Waals surface area contributed by atoms with E-state index in [0.29, 0.717) is 37.2 Å². The lowest BCUT2D eigenvalue weighted by molar-refractivity contribution is -0.116. The molecule has 0 spiro atoms. The number of likely N-dealkylation sites (tertiary alicyclic amines) is 1. The van der Waals surface area contributed by atoms with Crippen molar-refractivity contribution in [2.24, 2.45) is 5.92 Å². The smallest absolute Gasteiger partial charge is 0.263 e. The Bertz CT molecular complexity index is 928. The first-order valence-corrected chi connectivity index (χ1v) is 9.32. The molecule has 28 heavy (non-hydrogen) atoms. The Morgan fingerprint density at radius 1 is 1.39 bits per heavy atom. The van der Waals surface area contributed by atoms with Gasteiger partial charge in [-0.05, 0) is 55.9 Å². The minimum atomic E-state index is -0.448. The van der Waals surface area contributed by atoms with E-state index < -0.39 is 5.56 Å². The summed E-state index contributed by atoms with van der Waals surface area (Å²) in [5.74, 6) is -0.615. The van der Waals surface area contributed by atoms with Crippen LogP contribution in [-0.2, 0) is 4.79 Å². The lowest BCUT2D eigenvalue weighted by atomic mass is 9.93. The number of hydrogen-bond acceptors (Lipinski definition) is 4. The molecule has 2 aromatic rings. The first kappa shape index (κ1) is 19.7. The standard InChI is InChI=1S/C20H23FN4O3/c1-13-9-15(21)5-6-17(13)24-18(26)7-4-14-3-2-8-25(11-14)20(28)16-10-22-12-23-19(16)27/h5-6,9-10,12,14H,2-4,7-8,11H2,1H3,(H,24,26)(H,22,23,27)/t14-/m0/s1. The number of amides is 2. The van der Waals surface area contributed by atoms with E-state index in [1.54, 1.807) is 17.9 Å². The molecule has 1 aliphatic rings. The van der Waals surface area contributed by atoms with Crippen LogP contribution in [0, 0.1) is 18.7 Å². The van der Waals surface area contributed by atoms with Crippen molar-refractivity contribution in [1.29, 1.82) is 0 Å². The van der Waals surface area contributed by atoms with Crippen molar-refractivity contribution in [3.05, 3.63) is 58.0 Å². The van der Waals surface area contributed by atoms with Crippen LogP contribution in [0.3, 0.4) is 0 Å². The molecule has 0 aliphatic carbocycles. The molecule has 0 radical (unpaired) electrons. The molecule has 1 aromatic carbocycles. The number of nitrogens with one attached hydrogen (secondary N) is 2. The second-order valence-corrected chi connectivity index (χ2v) is 7.10. The van der Waals surface area contributed by atoms with E-state index in [9.17, 15) is 18.8 Å².